The van der Waals surface area contributed by atoms with Gasteiger partial charge < -0.3 is 20.1 Å². The number of aliphatic hydroxyl groups is 1. The van der Waals surface area contributed by atoms with E-state index >= 15 is 0 Å². The van der Waals surface area contributed by atoms with Crippen LogP contribution in [-0.4, -0.2) is 51.1 Å². The van der Waals surface area contributed by atoms with E-state index in [4.69, 9.17) is 0 Å². The Balaban J connectivity index is 1.61. The molecular weight excluding hydrogens is 306 g/mol. The summed E-state index contributed by atoms with van der Waals surface area (Å²) in [6.45, 7) is 1.79. The maximum absolute atomic E-state index is 10.2. The summed E-state index contributed by atoms with van der Waals surface area (Å²) >= 11 is 0. The minimum absolute atomic E-state index is 0.0330. The average Bonchev–Trinajstić information content (AvgIpc) is 3.20. The van der Waals surface area contributed by atoms with Crippen LogP contribution in [0.25, 0.3) is 11.6 Å². The van der Waals surface area contributed by atoms with E-state index in [-0.39, 0.29) is 18.4 Å². The first kappa shape index (κ1) is 14.9. The predicted molar refractivity (Wildman–Crippen MR) is 92.5 cm³/mol. The maximum atomic E-state index is 10.2. The lowest BCUT2D eigenvalue weighted by atomic mass is 9.99. The van der Waals surface area contributed by atoms with E-state index in [0.717, 1.165) is 37.1 Å². The molecular formula is C17H19N5O2. The Kier molecular flexibility index (Phi) is 3.78. The topological polar surface area (TPSA) is 97.6 Å². The van der Waals surface area contributed by atoms with E-state index in [1.807, 2.05) is 18.2 Å². The summed E-state index contributed by atoms with van der Waals surface area (Å²) in [6, 6.07) is 3.81. The van der Waals surface area contributed by atoms with E-state index < -0.39 is 0 Å². The quantitative estimate of drug-likeness (QED) is 0.801. The fourth-order valence-corrected chi connectivity index (χ4v) is 3.22. The zero-order valence-electron chi connectivity index (χ0n) is 13.2. The molecule has 24 heavy (non-hydrogen) atoms. The largest absolute Gasteiger partial charge is 0.492 e. The Morgan fingerprint density at radius 1 is 1.42 bits per heavy atom. The molecule has 1 unspecified atom stereocenters. The summed E-state index contributed by atoms with van der Waals surface area (Å²) in [5.74, 6) is 1.55. The smallest absolute Gasteiger partial charge is 0.238 e. The van der Waals surface area contributed by atoms with Crippen LogP contribution in [0.3, 0.4) is 0 Å². The van der Waals surface area contributed by atoms with Gasteiger partial charge in [-0.15, -0.1) is 0 Å². The van der Waals surface area contributed by atoms with Crippen LogP contribution < -0.4 is 4.90 Å². The Morgan fingerprint density at radius 2 is 2.33 bits per heavy atom. The number of imidazole rings is 1. The molecule has 0 radical (unpaired) electrons. The number of aromatic amines is 1. The molecule has 4 heterocycles. The number of rotatable bonds is 3. The van der Waals surface area contributed by atoms with Crippen molar-refractivity contribution in [3.05, 3.63) is 29.6 Å². The molecule has 0 spiro atoms. The van der Waals surface area contributed by atoms with Crippen LogP contribution in [0, 0.1) is 5.92 Å². The van der Waals surface area contributed by atoms with Crippen molar-refractivity contribution in [3.8, 4) is 5.88 Å². The molecule has 2 aromatic heterocycles. The number of aromatic nitrogens is 3. The van der Waals surface area contributed by atoms with E-state index in [9.17, 15) is 10.2 Å². The van der Waals surface area contributed by atoms with Crippen molar-refractivity contribution in [2.24, 2.45) is 10.9 Å². The van der Waals surface area contributed by atoms with Crippen LogP contribution in [0.2, 0.25) is 0 Å². The van der Waals surface area contributed by atoms with Gasteiger partial charge in [0, 0.05) is 43.2 Å². The summed E-state index contributed by atoms with van der Waals surface area (Å²) in [4.78, 5) is 18.0. The van der Waals surface area contributed by atoms with Crippen molar-refractivity contribution in [1.82, 2.24) is 15.0 Å². The fourth-order valence-electron chi connectivity index (χ4n) is 3.22. The molecule has 3 N–H and O–H groups in total. The number of aliphatic imine (C=N–C) groups is 1. The predicted octanol–water partition coefficient (Wildman–Crippen LogP) is 1.98. The van der Waals surface area contributed by atoms with Crippen LogP contribution in [0.15, 0.2) is 23.3 Å². The Bertz CT molecular complexity index is 811. The van der Waals surface area contributed by atoms with Gasteiger partial charge in [-0.2, -0.15) is 4.98 Å². The Labute approximate surface area is 139 Å². The number of allylic oxidation sites excluding steroid dienone is 1. The third-order valence-electron chi connectivity index (χ3n) is 4.50. The van der Waals surface area contributed by atoms with Crippen LogP contribution in [0.4, 0.5) is 11.8 Å². The highest BCUT2D eigenvalue weighted by atomic mass is 16.3. The van der Waals surface area contributed by atoms with Crippen molar-refractivity contribution in [3.63, 3.8) is 0 Å². The second kappa shape index (κ2) is 6.09. The molecule has 7 heteroatoms. The standard InChI is InChI=1S/C17H19N5O2/c23-10-11-3-2-6-22(9-11)17-20-14(16(24)21-17)7-12-8-19-15-13(12)4-1-5-18-15/h1,4-5,7-8,11,23-24H,2-3,6,9-10H2,(H,20,21)/b12-7+. The highest BCUT2D eigenvalue weighted by Crippen LogP contribution is 2.32. The minimum atomic E-state index is -0.0330. The van der Waals surface area contributed by atoms with Gasteiger partial charge in [-0.3, -0.25) is 0 Å². The van der Waals surface area contributed by atoms with Crippen LogP contribution >= 0.6 is 0 Å². The molecule has 0 saturated carbocycles. The van der Waals surface area contributed by atoms with Crippen molar-refractivity contribution in [1.29, 1.82) is 0 Å². The lowest BCUT2D eigenvalue weighted by Gasteiger charge is -2.31. The molecule has 2 aliphatic rings. The van der Waals surface area contributed by atoms with Crippen LogP contribution in [0.5, 0.6) is 5.88 Å². The second-order valence-corrected chi connectivity index (χ2v) is 6.17. The van der Waals surface area contributed by atoms with Crippen molar-refractivity contribution in [2.45, 2.75) is 12.8 Å². The number of hydrogen-bond donors (Lipinski definition) is 3. The fraction of sp³-hybridized carbons (Fsp3) is 0.353. The highest BCUT2D eigenvalue weighted by Gasteiger charge is 2.23. The monoisotopic (exact) mass is 325 g/mol. The summed E-state index contributed by atoms with van der Waals surface area (Å²) < 4.78 is 0. The summed E-state index contributed by atoms with van der Waals surface area (Å²) in [6.07, 6.45) is 7.31. The van der Waals surface area contributed by atoms with Gasteiger partial charge >= 0.3 is 0 Å². The molecule has 2 aromatic rings. The van der Waals surface area contributed by atoms with Gasteiger partial charge in [0.2, 0.25) is 11.8 Å². The van der Waals surface area contributed by atoms with Gasteiger partial charge in [-0.1, -0.05) is 0 Å². The molecule has 0 aliphatic carbocycles. The van der Waals surface area contributed by atoms with Gasteiger partial charge in [-0.05, 0) is 37.0 Å². The SMILES string of the molecule is OCC1CCCN(c2nc(O)c(/C=C3\C=Nc4ncccc43)[nH]2)C1. The van der Waals surface area contributed by atoms with Gasteiger partial charge in [-0.25, -0.2) is 9.98 Å². The Hall–Kier alpha value is -2.67. The zero-order valence-corrected chi connectivity index (χ0v) is 13.2. The van der Waals surface area contributed by atoms with Crippen LogP contribution in [0.1, 0.15) is 24.1 Å². The molecule has 0 aromatic carbocycles. The number of H-pyrrole nitrogens is 1. The first-order valence-electron chi connectivity index (χ1n) is 8.10. The van der Waals surface area contributed by atoms with Gasteiger partial charge in [0.15, 0.2) is 5.82 Å². The number of nitrogens with zero attached hydrogens (tertiary/aromatic N) is 4. The molecule has 124 valence electrons. The van der Waals surface area contributed by atoms with Crippen LogP contribution in [-0.2, 0) is 0 Å². The number of anilines is 1. The third kappa shape index (κ3) is 2.67. The first-order chi connectivity index (χ1) is 11.7. The van der Waals surface area contributed by atoms with Gasteiger partial charge in [0.1, 0.15) is 5.69 Å². The zero-order chi connectivity index (χ0) is 16.5. The molecule has 0 bridgehead atoms. The van der Waals surface area contributed by atoms with Crippen molar-refractivity contribution in [2.75, 3.05) is 24.6 Å². The second-order valence-electron chi connectivity index (χ2n) is 6.17. The number of aliphatic hydroxyl groups excluding tert-OH is 1. The molecule has 0 amide bonds. The number of aromatic hydroxyl groups is 1. The summed E-state index contributed by atoms with van der Waals surface area (Å²) in [5.41, 5.74) is 2.37. The van der Waals surface area contributed by atoms with Crippen molar-refractivity contribution < 1.29 is 10.2 Å². The molecule has 1 fully saturated rings. The molecule has 7 nitrogen and oxygen atoms in total. The molecule has 1 atom stereocenters. The highest BCUT2D eigenvalue weighted by molar-refractivity contribution is 6.20. The molecule has 2 aliphatic heterocycles. The lowest BCUT2D eigenvalue weighted by molar-refractivity contribution is 0.208. The number of nitrogens with one attached hydrogen (secondary N) is 1. The normalized spacial score (nSPS) is 21.5. The number of fused-ring (bicyclic) bond motifs is 1. The first-order valence-corrected chi connectivity index (χ1v) is 8.10. The number of hydrogen-bond acceptors (Lipinski definition) is 6. The molecule has 1 saturated heterocycles. The van der Waals surface area contributed by atoms with E-state index in [0.29, 0.717) is 17.5 Å². The number of piperidine rings is 1. The number of pyridine rings is 1. The van der Waals surface area contributed by atoms with Gasteiger partial charge in [0.05, 0.1) is 0 Å². The van der Waals surface area contributed by atoms with E-state index in [2.05, 4.69) is 24.8 Å². The van der Waals surface area contributed by atoms with E-state index in [1.165, 1.54) is 0 Å². The minimum Gasteiger partial charge on any atom is -0.492 e. The summed E-state index contributed by atoms with van der Waals surface area (Å²) in [5, 5.41) is 19.5. The third-order valence-corrected chi connectivity index (χ3v) is 4.50. The molecule has 4 rings (SSSR count). The van der Waals surface area contributed by atoms with E-state index in [1.54, 1.807) is 12.4 Å². The average molecular weight is 325 g/mol. The lowest BCUT2D eigenvalue weighted by Crippen LogP contribution is -2.37. The van der Waals surface area contributed by atoms with Gasteiger partial charge in [0.25, 0.3) is 0 Å². The summed E-state index contributed by atoms with van der Waals surface area (Å²) in [7, 11) is 0. The maximum Gasteiger partial charge on any atom is 0.238 e. The Morgan fingerprint density at radius 3 is 3.21 bits per heavy atom. The van der Waals surface area contributed by atoms with Crippen molar-refractivity contribution >= 4 is 29.6 Å².